The van der Waals surface area contributed by atoms with Crippen LogP contribution >= 0.6 is 0 Å². The van der Waals surface area contributed by atoms with Gasteiger partial charge < -0.3 is 10.4 Å². The van der Waals surface area contributed by atoms with E-state index >= 15 is 0 Å². The smallest absolute Gasteiger partial charge is 0.417 e. The fourth-order valence-electron chi connectivity index (χ4n) is 5.77. The third-order valence-electron chi connectivity index (χ3n) is 7.62. The topological polar surface area (TPSA) is 87.5 Å². The second-order valence-electron chi connectivity index (χ2n) is 11.2. The molecule has 0 radical (unpaired) electrons. The van der Waals surface area contributed by atoms with Gasteiger partial charge in [-0.3, -0.25) is 19.2 Å². The van der Waals surface area contributed by atoms with Gasteiger partial charge in [-0.25, -0.2) is 8.78 Å². The van der Waals surface area contributed by atoms with Gasteiger partial charge in [0.2, 0.25) is 0 Å². The van der Waals surface area contributed by atoms with E-state index in [4.69, 9.17) is 0 Å². The zero-order valence-corrected chi connectivity index (χ0v) is 21.9. The second-order valence-corrected chi connectivity index (χ2v) is 11.2. The highest BCUT2D eigenvalue weighted by Crippen LogP contribution is 2.41. The number of rotatable bonds is 9. The number of hydrogen-bond donors (Lipinski definition) is 2. The molecule has 1 saturated heterocycles. The van der Waals surface area contributed by atoms with Crippen LogP contribution in [-0.4, -0.2) is 62.3 Å². The molecule has 0 spiro atoms. The van der Waals surface area contributed by atoms with Gasteiger partial charge in [-0.05, 0) is 45.2 Å². The van der Waals surface area contributed by atoms with Crippen molar-refractivity contribution in [1.82, 2.24) is 20.0 Å². The van der Waals surface area contributed by atoms with Crippen LogP contribution in [0.15, 0.2) is 30.3 Å². The van der Waals surface area contributed by atoms with Gasteiger partial charge in [-0.1, -0.05) is 31.0 Å². The summed E-state index contributed by atoms with van der Waals surface area (Å²) in [6.45, 7) is 3.06. The molecule has 1 amide bonds. The lowest BCUT2D eigenvalue weighted by atomic mass is 10.00. The van der Waals surface area contributed by atoms with Crippen molar-refractivity contribution < 1.29 is 36.6 Å². The Bertz CT molecular complexity index is 1200. The van der Waals surface area contributed by atoms with Gasteiger partial charge in [-0.2, -0.15) is 18.3 Å². The number of hydrogen-bond acceptors (Lipinski definition) is 4. The zero-order valence-electron chi connectivity index (χ0n) is 21.9. The molecular weight excluding hydrogens is 523 g/mol. The lowest BCUT2D eigenvalue weighted by Gasteiger charge is -2.31. The first-order valence-electron chi connectivity index (χ1n) is 13.1. The lowest BCUT2D eigenvalue weighted by Crippen LogP contribution is -2.43. The molecule has 1 aromatic carbocycles. The Kier molecular flexibility index (Phi) is 8.07. The van der Waals surface area contributed by atoms with Gasteiger partial charge in [0.25, 0.3) is 11.8 Å². The van der Waals surface area contributed by atoms with E-state index in [2.05, 4.69) is 10.4 Å². The Morgan fingerprint density at radius 2 is 1.85 bits per heavy atom. The largest absolute Gasteiger partial charge is 0.481 e. The van der Waals surface area contributed by atoms with Gasteiger partial charge in [0.15, 0.2) is 5.69 Å². The molecule has 1 atom stereocenters. The highest BCUT2D eigenvalue weighted by molar-refractivity contribution is 5.94. The van der Waals surface area contributed by atoms with Crippen LogP contribution in [0.5, 0.6) is 0 Å². The Balaban J connectivity index is 1.59. The van der Waals surface area contributed by atoms with Crippen molar-refractivity contribution in [2.75, 3.05) is 13.1 Å². The van der Waals surface area contributed by atoms with Crippen molar-refractivity contribution in [1.29, 1.82) is 0 Å². The van der Waals surface area contributed by atoms with Gasteiger partial charge in [0.1, 0.15) is 0 Å². The molecule has 2 aromatic rings. The molecule has 1 aliphatic heterocycles. The van der Waals surface area contributed by atoms with Crippen molar-refractivity contribution in [2.24, 2.45) is 0 Å². The fourth-order valence-corrected chi connectivity index (χ4v) is 5.77. The number of aromatic nitrogens is 2. The zero-order chi connectivity index (χ0) is 28.6. The second kappa shape index (κ2) is 10.9. The van der Waals surface area contributed by atoms with Crippen molar-refractivity contribution in [3.8, 4) is 11.3 Å². The Hall–Kier alpha value is -3.02. The molecule has 7 nitrogen and oxygen atoms in total. The van der Waals surface area contributed by atoms with Crippen LogP contribution < -0.4 is 5.32 Å². The van der Waals surface area contributed by atoms with Crippen molar-refractivity contribution in [3.05, 3.63) is 41.6 Å². The number of nitrogens with one attached hydrogen (secondary N) is 1. The molecule has 2 heterocycles. The van der Waals surface area contributed by atoms with Crippen LogP contribution in [0.1, 0.15) is 80.9 Å². The summed E-state index contributed by atoms with van der Waals surface area (Å²) in [5, 5.41) is 16.4. The first-order valence-corrected chi connectivity index (χ1v) is 13.1. The summed E-state index contributed by atoms with van der Waals surface area (Å²) >= 11 is 0. The highest BCUT2D eigenvalue weighted by Gasteiger charge is 2.49. The Morgan fingerprint density at radius 3 is 2.44 bits per heavy atom. The molecule has 2 fully saturated rings. The van der Waals surface area contributed by atoms with E-state index in [0.717, 1.165) is 18.9 Å². The first-order chi connectivity index (χ1) is 18.2. The van der Waals surface area contributed by atoms with Crippen LogP contribution in [0.2, 0.25) is 0 Å². The van der Waals surface area contributed by atoms with E-state index in [0.29, 0.717) is 12.8 Å². The number of carbonyl (C=O) groups is 2. The standard InChI is InChI=1S/C27H33F5N4O3/c1-25(2)15-26(28,29)16-35(25)12-11-17(13-23(37)38)33-24(39)21-14-22(36(34-21)18-7-3-4-8-18)19-9-5-6-10-20(19)27(30,31)32/h5-6,9-10,14,17-18H,3-4,7-8,11-13,15-16H2,1-2H3,(H,33,39)(H,37,38)/t17-/m0/s1. The van der Waals surface area contributed by atoms with E-state index in [1.54, 1.807) is 18.7 Å². The summed E-state index contributed by atoms with van der Waals surface area (Å²) in [7, 11) is 0. The number of likely N-dealkylation sites (tertiary alicyclic amines) is 1. The van der Waals surface area contributed by atoms with Gasteiger partial charge in [-0.15, -0.1) is 0 Å². The average molecular weight is 557 g/mol. The normalized spacial score (nSPS) is 20.3. The van der Waals surface area contributed by atoms with E-state index in [1.807, 2.05) is 0 Å². The number of halogens is 5. The minimum Gasteiger partial charge on any atom is -0.481 e. The lowest BCUT2D eigenvalue weighted by molar-refractivity contribution is -0.138. The van der Waals surface area contributed by atoms with E-state index in [9.17, 15) is 36.6 Å². The number of alkyl halides is 5. The molecule has 1 aromatic heterocycles. The molecule has 2 aliphatic rings. The maximum atomic E-state index is 14.0. The SMILES string of the molecule is CC1(C)CC(F)(F)CN1CC[C@@H](CC(=O)O)NC(=O)c1cc(-c2ccccc2C(F)(F)F)n(C2CCCC2)n1. The predicted molar refractivity (Wildman–Crippen MR) is 134 cm³/mol. The predicted octanol–water partition coefficient (Wildman–Crippen LogP) is 5.77. The summed E-state index contributed by atoms with van der Waals surface area (Å²) in [5.74, 6) is -4.76. The average Bonchev–Trinajstić information content (AvgIpc) is 3.53. The number of aliphatic carboxylic acids is 1. The monoisotopic (exact) mass is 556 g/mol. The summed E-state index contributed by atoms with van der Waals surface area (Å²) in [4.78, 5) is 26.3. The summed E-state index contributed by atoms with van der Waals surface area (Å²) in [6, 6.07) is 5.35. The third-order valence-corrected chi connectivity index (χ3v) is 7.62. The molecule has 39 heavy (non-hydrogen) atoms. The number of nitrogens with zero attached hydrogens (tertiary/aromatic N) is 3. The van der Waals surface area contributed by atoms with Crippen LogP contribution in [0.4, 0.5) is 22.0 Å². The maximum Gasteiger partial charge on any atom is 0.417 e. The summed E-state index contributed by atoms with van der Waals surface area (Å²) in [6.07, 6.45) is -2.08. The molecule has 1 saturated carbocycles. The maximum absolute atomic E-state index is 14.0. The number of carbonyl (C=O) groups excluding carboxylic acids is 1. The number of carboxylic acids is 1. The molecule has 0 unspecified atom stereocenters. The Labute approximate surface area is 223 Å². The van der Waals surface area contributed by atoms with Crippen molar-refractivity contribution in [3.63, 3.8) is 0 Å². The van der Waals surface area contributed by atoms with E-state index in [1.165, 1.54) is 28.9 Å². The number of amides is 1. The molecule has 0 bridgehead atoms. The number of carboxylic acid groups (broad SMARTS) is 1. The van der Waals surface area contributed by atoms with E-state index < -0.39 is 54.1 Å². The van der Waals surface area contributed by atoms with Crippen LogP contribution in [0.25, 0.3) is 11.3 Å². The molecule has 12 heteroatoms. The van der Waals surface area contributed by atoms with Gasteiger partial charge in [0, 0.05) is 30.1 Å². The highest BCUT2D eigenvalue weighted by atomic mass is 19.4. The van der Waals surface area contributed by atoms with Crippen LogP contribution in [0.3, 0.4) is 0 Å². The minimum atomic E-state index is -4.61. The minimum absolute atomic E-state index is 0.0947. The summed E-state index contributed by atoms with van der Waals surface area (Å²) in [5.41, 5.74) is -1.69. The molecule has 4 rings (SSSR count). The van der Waals surface area contributed by atoms with Gasteiger partial charge in [0.05, 0.1) is 30.3 Å². The molecule has 214 valence electrons. The quantitative estimate of drug-likeness (QED) is 0.383. The Morgan fingerprint density at radius 1 is 1.18 bits per heavy atom. The fraction of sp³-hybridized carbons (Fsp3) is 0.593. The summed E-state index contributed by atoms with van der Waals surface area (Å²) < 4.78 is 70.8. The van der Waals surface area contributed by atoms with Crippen LogP contribution in [0, 0.1) is 0 Å². The number of benzene rings is 1. The third kappa shape index (κ3) is 6.77. The molecular formula is C27H33F5N4O3. The van der Waals surface area contributed by atoms with E-state index in [-0.39, 0.29) is 42.4 Å². The van der Waals surface area contributed by atoms with Gasteiger partial charge >= 0.3 is 12.1 Å². The molecule has 1 aliphatic carbocycles. The van der Waals surface area contributed by atoms with Crippen molar-refractivity contribution >= 4 is 11.9 Å². The first kappa shape index (κ1) is 29.0. The van der Waals surface area contributed by atoms with Crippen LogP contribution in [-0.2, 0) is 11.0 Å². The van der Waals surface area contributed by atoms with Crippen molar-refractivity contribution in [2.45, 2.75) is 88.5 Å². The molecule has 2 N–H and O–H groups in total.